The normalized spacial score (nSPS) is 15.8. The Bertz CT molecular complexity index is 894. The average molecular weight is 441 g/mol. The fourth-order valence-electron chi connectivity index (χ4n) is 3.56. The summed E-state index contributed by atoms with van der Waals surface area (Å²) in [6.07, 6.45) is 10.6. The monoisotopic (exact) mass is 440 g/mol. The van der Waals surface area contributed by atoms with Crippen molar-refractivity contribution in [3.05, 3.63) is 59.4 Å². The third kappa shape index (κ3) is 7.66. The third-order valence-electron chi connectivity index (χ3n) is 5.20. The van der Waals surface area contributed by atoms with Crippen LogP contribution in [0.5, 0.6) is 11.5 Å². The van der Waals surface area contributed by atoms with E-state index in [1.165, 1.54) is 12.5 Å². The van der Waals surface area contributed by atoms with E-state index >= 15 is 0 Å². The summed E-state index contributed by atoms with van der Waals surface area (Å²) >= 11 is 0. The lowest BCUT2D eigenvalue weighted by atomic mass is 10.1. The van der Waals surface area contributed by atoms with Crippen LogP contribution in [0.15, 0.2) is 42.7 Å². The van der Waals surface area contributed by atoms with E-state index in [4.69, 9.17) is 14.2 Å². The number of carbonyl (C=O) groups is 1. The summed E-state index contributed by atoms with van der Waals surface area (Å²) in [6.45, 7) is 4.21. The van der Waals surface area contributed by atoms with Gasteiger partial charge in [0, 0.05) is 23.9 Å². The van der Waals surface area contributed by atoms with Gasteiger partial charge >= 0.3 is 5.97 Å². The van der Waals surface area contributed by atoms with Gasteiger partial charge in [-0.05, 0) is 74.6 Å². The van der Waals surface area contributed by atoms with Crippen LogP contribution in [0.2, 0.25) is 0 Å². The molecule has 0 bridgehead atoms. The summed E-state index contributed by atoms with van der Waals surface area (Å²) < 4.78 is 16.6. The second-order valence-corrected chi connectivity index (χ2v) is 7.70. The second-order valence-electron chi connectivity index (χ2n) is 7.70. The summed E-state index contributed by atoms with van der Waals surface area (Å²) in [5, 5.41) is 13.1. The van der Waals surface area contributed by atoms with Crippen LogP contribution in [-0.4, -0.2) is 48.5 Å². The summed E-state index contributed by atoms with van der Waals surface area (Å²) in [6, 6.07) is 7.91. The number of carbonyl (C=O) groups excluding carboxylic acids is 1. The summed E-state index contributed by atoms with van der Waals surface area (Å²) in [7, 11) is 0. The molecular formula is C25H32N2O5. The van der Waals surface area contributed by atoms with Crippen LogP contribution in [0.3, 0.4) is 0 Å². The predicted molar refractivity (Wildman–Crippen MR) is 123 cm³/mol. The lowest BCUT2D eigenvalue weighted by Crippen LogP contribution is -2.28. The first-order valence-corrected chi connectivity index (χ1v) is 11.2. The van der Waals surface area contributed by atoms with Crippen molar-refractivity contribution in [1.82, 2.24) is 10.3 Å². The van der Waals surface area contributed by atoms with Gasteiger partial charge in [-0.15, -0.1) is 0 Å². The molecule has 172 valence electrons. The van der Waals surface area contributed by atoms with Gasteiger partial charge in [0.15, 0.2) is 0 Å². The minimum Gasteiger partial charge on any atom is -0.493 e. The van der Waals surface area contributed by atoms with Gasteiger partial charge in [0.05, 0.1) is 26.0 Å². The Morgan fingerprint density at radius 2 is 2.19 bits per heavy atom. The maximum absolute atomic E-state index is 11.4. The number of ether oxygens (including phenoxy) is 3. The number of aliphatic hydroxyl groups excluding tert-OH is 1. The number of hydrogen-bond donors (Lipinski definition) is 2. The number of hydrogen-bond acceptors (Lipinski definition) is 7. The molecule has 2 heterocycles. The molecule has 32 heavy (non-hydrogen) atoms. The van der Waals surface area contributed by atoms with Gasteiger partial charge in [-0.1, -0.05) is 6.07 Å². The SMILES string of the molecule is CCOC(=O)/C=C/c1ccc(OCCCc2cncc(OCC3CCCN3)c2)c(CO)c1. The van der Waals surface area contributed by atoms with Crippen molar-refractivity contribution in [2.45, 2.75) is 45.3 Å². The third-order valence-corrected chi connectivity index (χ3v) is 5.20. The number of esters is 1. The Morgan fingerprint density at radius 3 is 2.97 bits per heavy atom. The number of pyridine rings is 1. The maximum atomic E-state index is 11.4. The van der Waals surface area contributed by atoms with E-state index < -0.39 is 5.97 Å². The highest BCUT2D eigenvalue weighted by Gasteiger charge is 2.14. The van der Waals surface area contributed by atoms with E-state index in [0.717, 1.165) is 42.7 Å². The van der Waals surface area contributed by atoms with Crippen molar-refractivity contribution >= 4 is 12.0 Å². The van der Waals surface area contributed by atoms with Crippen molar-refractivity contribution in [3.8, 4) is 11.5 Å². The lowest BCUT2D eigenvalue weighted by Gasteiger charge is -2.13. The molecule has 1 fully saturated rings. The fourth-order valence-corrected chi connectivity index (χ4v) is 3.56. The Balaban J connectivity index is 1.45. The molecule has 1 aromatic heterocycles. The number of aromatic nitrogens is 1. The van der Waals surface area contributed by atoms with Gasteiger partial charge in [-0.3, -0.25) is 4.98 Å². The smallest absolute Gasteiger partial charge is 0.330 e. The quantitative estimate of drug-likeness (QED) is 0.297. The highest BCUT2D eigenvalue weighted by molar-refractivity contribution is 5.87. The second kappa shape index (κ2) is 12.8. The van der Waals surface area contributed by atoms with Crippen LogP contribution in [-0.2, 0) is 22.6 Å². The molecule has 1 atom stereocenters. The largest absolute Gasteiger partial charge is 0.493 e. The van der Waals surface area contributed by atoms with Gasteiger partial charge in [-0.2, -0.15) is 0 Å². The van der Waals surface area contributed by atoms with Crippen LogP contribution in [0.1, 0.15) is 42.9 Å². The Hall–Kier alpha value is -2.90. The number of nitrogens with one attached hydrogen (secondary N) is 1. The first-order chi connectivity index (χ1) is 15.7. The van der Waals surface area contributed by atoms with Crippen LogP contribution in [0, 0.1) is 0 Å². The molecule has 1 aliphatic heterocycles. The minimum absolute atomic E-state index is 0.143. The van der Waals surface area contributed by atoms with Crippen LogP contribution in [0.25, 0.3) is 6.08 Å². The molecule has 0 spiro atoms. The van der Waals surface area contributed by atoms with Gasteiger partial charge in [0.25, 0.3) is 0 Å². The zero-order chi connectivity index (χ0) is 22.6. The molecule has 1 unspecified atom stereocenters. The van der Waals surface area contributed by atoms with Crippen LogP contribution >= 0.6 is 0 Å². The summed E-state index contributed by atoms with van der Waals surface area (Å²) in [5.41, 5.74) is 2.58. The van der Waals surface area contributed by atoms with Crippen molar-refractivity contribution in [2.24, 2.45) is 0 Å². The standard InChI is InChI=1S/C25H32N2O5/c1-2-30-25(29)10-8-19-7-9-24(21(13-19)17-28)31-12-4-5-20-14-23(16-26-15-20)32-18-22-6-3-11-27-22/h7-10,13-16,22,27-28H,2-6,11-12,17-18H2,1H3/b10-8+. The maximum Gasteiger partial charge on any atom is 0.330 e. The van der Waals surface area contributed by atoms with Gasteiger partial charge in [-0.25, -0.2) is 4.79 Å². The van der Waals surface area contributed by atoms with Gasteiger partial charge < -0.3 is 24.6 Å². The van der Waals surface area contributed by atoms with Crippen LogP contribution in [0.4, 0.5) is 0 Å². The lowest BCUT2D eigenvalue weighted by molar-refractivity contribution is -0.137. The molecule has 1 saturated heterocycles. The molecular weight excluding hydrogens is 408 g/mol. The molecule has 7 heteroatoms. The van der Waals surface area contributed by atoms with E-state index in [9.17, 15) is 9.90 Å². The first kappa shape index (κ1) is 23.8. The first-order valence-electron chi connectivity index (χ1n) is 11.2. The summed E-state index contributed by atoms with van der Waals surface area (Å²) in [5.74, 6) is 1.05. The minimum atomic E-state index is -0.391. The van der Waals surface area contributed by atoms with Crippen molar-refractivity contribution in [1.29, 1.82) is 0 Å². The number of benzene rings is 1. The molecule has 1 aliphatic rings. The van der Waals surface area contributed by atoms with Gasteiger partial charge in [0.1, 0.15) is 18.1 Å². The number of nitrogens with zero attached hydrogens (tertiary/aromatic N) is 1. The molecule has 2 N–H and O–H groups in total. The zero-order valence-electron chi connectivity index (χ0n) is 18.6. The topological polar surface area (TPSA) is 89.9 Å². The van der Waals surface area contributed by atoms with E-state index in [1.807, 2.05) is 24.4 Å². The highest BCUT2D eigenvalue weighted by Crippen LogP contribution is 2.22. The molecule has 2 aromatic rings. The molecule has 3 rings (SSSR count). The van der Waals surface area contributed by atoms with E-state index in [2.05, 4.69) is 10.3 Å². The molecule has 0 radical (unpaired) electrons. The van der Waals surface area contributed by atoms with Crippen molar-refractivity contribution in [3.63, 3.8) is 0 Å². The van der Waals surface area contributed by atoms with Crippen molar-refractivity contribution in [2.75, 3.05) is 26.4 Å². The van der Waals surface area contributed by atoms with E-state index in [1.54, 1.807) is 25.3 Å². The number of aliphatic hydroxyl groups is 1. The molecule has 0 amide bonds. The Labute approximate surface area is 189 Å². The molecule has 7 nitrogen and oxygen atoms in total. The molecule has 1 aromatic carbocycles. The molecule has 0 aliphatic carbocycles. The fraction of sp³-hybridized carbons (Fsp3) is 0.440. The Morgan fingerprint density at radius 1 is 1.28 bits per heavy atom. The van der Waals surface area contributed by atoms with E-state index in [0.29, 0.717) is 37.2 Å². The highest BCUT2D eigenvalue weighted by atomic mass is 16.5. The van der Waals surface area contributed by atoms with Crippen molar-refractivity contribution < 1.29 is 24.1 Å². The number of aryl methyl sites for hydroxylation is 1. The molecule has 0 saturated carbocycles. The van der Waals surface area contributed by atoms with Gasteiger partial charge in [0.2, 0.25) is 0 Å². The zero-order valence-corrected chi connectivity index (χ0v) is 18.6. The Kier molecular flexibility index (Phi) is 9.53. The van der Waals surface area contributed by atoms with E-state index in [-0.39, 0.29) is 6.61 Å². The predicted octanol–water partition coefficient (Wildman–Crippen LogP) is 3.29. The van der Waals surface area contributed by atoms with Crippen LogP contribution < -0.4 is 14.8 Å². The average Bonchev–Trinajstić information content (AvgIpc) is 3.34. The number of rotatable bonds is 12. The summed E-state index contributed by atoms with van der Waals surface area (Å²) in [4.78, 5) is 15.7.